The van der Waals surface area contributed by atoms with Gasteiger partial charge in [-0.25, -0.2) is 4.39 Å². The highest BCUT2D eigenvalue weighted by atomic mass is 35.5. The van der Waals surface area contributed by atoms with E-state index < -0.39 is 11.7 Å². The first-order valence-electron chi connectivity index (χ1n) is 9.49. The molecule has 0 aliphatic carbocycles. The van der Waals surface area contributed by atoms with E-state index in [4.69, 9.17) is 11.6 Å². The van der Waals surface area contributed by atoms with Crippen molar-refractivity contribution in [2.45, 2.75) is 19.5 Å². The molecule has 0 aromatic heterocycles. The molecular weight excluding hydrogens is 395 g/mol. The molecule has 1 fully saturated rings. The number of rotatable bonds is 5. The molecule has 1 saturated heterocycles. The summed E-state index contributed by atoms with van der Waals surface area (Å²) in [4.78, 5) is 28.8. The summed E-state index contributed by atoms with van der Waals surface area (Å²) in [5.41, 5.74) is 6.26. The second-order valence-electron chi connectivity index (χ2n) is 7.07. The van der Waals surface area contributed by atoms with Crippen LogP contribution >= 0.6 is 11.6 Å². The van der Waals surface area contributed by atoms with Gasteiger partial charge in [0.2, 0.25) is 0 Å². The van der Waals surface area contributed by atoms with E-state index in [1.807, 2.05) is 25.1 Å². The standard InChI is InChI=1S/C21H24ClFN4O2/c1-15(20(28)24-25-21(29)17-5-7-19(23)8-6-17)27-11-9-26(10-12-27)14-16-3-2-4-18(22)13-16/h2-8,13,15H,9-12,14H2,1H3,(H,24,28)(H,25,29)/t15-/m0/s1. The smallest absolute Gasteiger partial charge is 0.269 e. The van der Waals surface area contributed by atoms with Gasteiger partial charge in [0.1, 0.15) is 5.82 Å². The van der Waals surface area contributed by atoms with Gasteiger partial charge >= 0.3 is 0 Å². The van der Waals surface area contributed by atoms with Crippen molar-refractivity contribution in [3.63, 3.8) is 0 Å². The first kappa shape index (κ1) is 21.2. The zero-order valence-electron chi connectivity index (χ0n) is 16.2. The van der Waals surface area contributed by atoms with Crippen LogP contribution in [0.2, 0.25) is 5.02 Å². The Morgan fingerprint density at radius 3 is 2.41 bits per heavy atom. The molecule has 6 nitrogen and oxygen atoms in total. The second-order valence-corrected chi connectivity index (χ2v) is 7.50. The maximum atomic E-state index is 12.9. The minimum atomic E-state index is -0.489. The van der Waals surface area contributed by atoms with Crippen molar-refractivity contribution in [3.8, 4) is 0 Å². The summed E-state index contributed by atoms with van der Waals surface area (Å²) in [7, 11) is 0. The van der Waals surface area contributed by atoms with Crippen molar-refractivity contribution < 1.29 is 14.0 Å². The van der Waals surface area contributed by atoms with Gasteiger partial charge in [0, 0.05) is 43.3 Å². The summed E-state index contributed by atoms with van der Waals surface area (Å²) in [5, 5.41) is 0.731. The van der Waals surface area contributed by atoms with Gasteiger partial charge in [-0.1, -0.05) is 23.7 Å². The number of halogens is 2. The first-order chi connectivity index (χ1) is 13.9. The van der Waals surface area contributed by atoms with Crippen molar-refractivity contribution in [1.82, 2.24) is 20.7 Å². The Hall–Kier alpha value is -2.48. The van der Waals surface area contributed by atoms with Crippen LogP contribution in [-0.2, 0) is 11.3 Å². The Morgan fingerprint density at radius 2 is 1.76 bits per heavy atom. The fourth-order valence-corrected chi connectivity index (χ4v) is 3.48. The van der Waals surface area contributed by atoms with Crippen molar-refractivity contribution in [2.75, 3.05) is 26.2 Å². The summed E-state index contributed by atoms with van der Waals surface area (Å²) >= 11 is 6.04. The summed E-state index contributed by atoms with van der Waals surface area (Å²) < 4.78 is 12.9. The summed E-state index contributed by atoms with van der Waals surface area (Å²) in [5.74, 6) is -1.20. The number of nitrogens with zero attached hydrogens (tertiary/aromatic N) is 2. The average Bonchev–Trinajstić information content (AvgIpc) is 2.72. The van der Waals surface area contributed by atoms with Gasteiger partial charge in [-0.05, 0) is 48.9 Å². The summed E-state index contributed by atoms with van der Waals surface area (Å²) in [6.45, 7) is 5.81. The highest BCUT2D eigenvalue weighted by Crippen LogP contribution is 2.14. The predicted molar refractivity (Wildman–Crippen MR) is 110 cm³/mol. The fourth-order valence-electron chi connectivity index (χ4n) is 3.26. The third-order valence-electron chi connectivity index (χ3n) is 5.03. The number of hydrogen-bond acceptors (Lipinski definition) is 4. The number of piperazine rings is 1. The Bertz CT molecular complexity index is 854. The SMILES string of the molecule is C[C@@H](C(=O)NNC(=O)c1ccc(F)cc1)N1CCN(Cc2cccc(Cl)c2)CC1. The topological polar surface area (TPSA) is 64.7 Å². The number of carbonyl (C=O) groups is 2. The van der Waals surface area contributed by atoms with E-state index in [-0.39, 0.29) is 17.5 Å². The third-order valence-corrected chi connectivity index (χ3v) is 5.27. The predicted octanol–water partition coefficient (Wildman–Crippen LogP) is 2.45. The Morgan fingerprint density at radius 1 is 1.07 bits per heavy atom. The molecule has 8 heteroatoms. The number of hydrazine groups is 1. The monoisotopic (exact) mass is 418 g/mol. The molecule has 0 unspecified atom stereocenters. The lowest BCUT2D eigenvalue weighted by atomic mass is 10.1. The molecule has 154 valence electrons. The zero-order chi connectivity index (χ0) is 20.8. The Balaban J connectivity index is 1.43. The molecule has 1 atom stereocenters. The van der Waals surface area contributed by atoms with Crippen LogP contribution in [0, 0.1) is 5.82 Å². The maximum Gasteiger partial charge on any atom is 0.269 e. The van der Waals surface area contributed by atoms with Crippen LogP contribution in [0.5, 0.6) is 0 Å². The second kappa shape index (κ2) is 9.82. The van der Waals surface area contributed by atoms with Crippen molar-refractivity contribution in [3.05, 3.63) is 70.5 Å². The highest BCUT2D eigenvalue weighted by molar-refractivity contribution is 6.30. The zero-order valence-corrected chi connectivity index (χ0v) is 17.0. The normalized spacial score (nSPS) is 16.2. The number of carbonyl (C=O) groups excluding carboxylic acids is 2. The first-order valence-corrected chi connectivity index (χ1v) is 9.87. The van der Waals surface area contributed by atoms with Gasteiger partial charge in [-0.2, -0.15) is 0 Å². The van der Waals surface area contributed by atoms with E-state index in [1.165, 1.54) is 29.8 Å². The van der Waals surface area contributed by atoms with Crippen molar-refractivity contribution in [1.29, 1.82) is 0 Å². The Kier molecular flexibility index (Phi) is 7.19. The lowest BCUT2D eigenvalue weighted by molar-refractivity contribution is -0.127. The van der Waals surface area contributed by atoms with E-state index in [0.29, 0.717) is 0 Å². The van der Waals surface area contributed by atoms with Gasteiger partial charge in [-0.15, -0.1) is 0 Å². The van der Waals surface area contributed by atoms with E-state index in [9.17, 15) is 14.0 Å². The molecule has 2 aromatic carbocycles. The largest absolute Gasteiger partial charge is 0.297 e. The molecule has 0 spiro atoms. The van der Waals surface area contributed by atoms with Crippen LogP contribution < -0.4 is 10.9 Å². The quantitative estimate of drug-likeness (QED) is 0.732. The van der Waals surface area contributed by atoms with Crippen LogP contribution in [0.4, 0.5) is 4.39 Å². The van der Waals surface area contributed by atoms with Crippen LogP contribution in [0.15, 0.2) is 48.5 Å². The van der Waals surface area contributed by atoms with Crippen molar-refractivity contribution >= 4 is 23.4 Å². The van der Waals surface area contributed by atoms with Gasteiger partial charge in [0.15, 0.2) is 0 Å². The van der Waals surface area contributed by atoms with Gasteiger partial charge < -0.3 is 0 Å². The van der Waals surface area contributed by atoms with E-state index in [0.717, 1.165) is 37.7 Å². The number of nitrogens with one attached hydrogen (secondary N) is 2. The van der Waals surface area contributed by atoms with Crippen LogP contribution in [0.3, 0.4) is 0 Å². The summed E-state index contributed by atoms with van der Waals surface area (Å²) in [6, 6.07) is 12.6. The maximum absolute atomic E-state index is 12.9. The average molecular weight is 419 g/mol. The van der Waals surface area contributed by atoms with Crippen LogP contribution in [0.25, 0.3) is 0 Å². The molecule has 1 heterocycles. The molecule has 29 heavy (non-hydrogen) atoms. The molecule has 1 aliphatic rings. The van der Waals surface area contributed by atoms with E-state index in [2.05, 4.69) is 26.7 Å². The molecular formula is C21H24ClFN4O2. The Labute approximate surface area is 174 Å². The minimum Gasteiger partial charge on any atom is -0.297 e. The molecule has 1 aliphatic heterocycles. The molecule has 0 radical (unpaired) electrons. The summed E-state index contributed by atoms with van der Waals surface area (Å²) in [6.07, 6.45) is 0. The van der Waals surface area contributed by atoms with Gasteiger partial charge in [-0.3, -0.25) is 30.2 Å². The molecule has 0 saturated carbocycles. The molecule has 2 amide bonds. The van der Waals surface area contributed by atoms with E-state index in [1.54, 1.807) is 0 Å². The lowest BCUT2D eigenvalue weighted by Crippen LogP contribution is -2.56. The molecule has 2 N–H and O–H groups in total. The van der Waals surface area contributed by atoms with Gasteiger partial charge in [0.25, 0.3) is 11.8 Å². The number of benzene rings is 2. The lowest BCUT2D eigenvalue weighted by Gasteiger charge is -2.37. The van der Waals surface area contributed by atoms with Crippen LogP contribution in [-0.4, -0.2) is 53.8 Å². The number of hydrogen-bond donors (Lipinski definition) is 2. The fraction of sp³-hybridized carbons (Fsp3) is 0.333. The number of amides is 2. The van der Waals surface area contributed by atoms with Crippen LogP contribution in [0.1, 0.15) is 22.8 Å². The van der Waals surface area contributed by atoms with Gasteiger partial charge in [0.05, 0.1) is 6.04 Å². The molecule has 3 rings (SSSR count). The molecule has 2 aromatic rings. The minimum absolute atomic E-state index is 0.272. The third kappa shape index (κ3) is 6.00. The van der Waals surface area contributed by atoms with E-state index >= 15 is 0 Å². The molecule has 0 bridgehead atoms. The van der Waals surface area contributed by atoms with Crippen molar-refractivity contribution in [2.24, 2.45) is 0 Å². The highest BCUT2D eigenvalue weighted by Gasteiger charge is 2.26.